The topological polar surface area (TPSA) is 75.6 Å². The van der Waals surface area contributed by atoms with Crippen LogP contribution in [0.5, 0.6) is 0 Å². The summed E-state index contributed by atoms with van der Waals surface area (Å²) in [5.74, 6) is -0.997. The van der Waals surface area contributed by atoms with Crippen LogP contribution in [0.4, 0.5) is 4.79 Å². The average molecular weight is 263 g/mol. The van der Waals surface area contributed by atoms with Gasteiger partial charge in [-0.05, 0) is 37.1 Å². The molecule has 0 spiro atoms. The van der Waals surface area contributed by atoms with Crippen LogP contribution >= 0.6 is 0 Å². The fourth-order valence-corrected chi connectivity index (χ4v) is 1.53. The summed E-state index contributed by atoms with van der Waals surface area (Å²) in [5.41, 5.74) is 1.64. The maximum absolute atomic E-state index is 11.3. The minimum Gasteiger partial charge on any atom is -0.478 e. The Kier molecular flexibility index (Phi) is 5.60. The van der Waals surface area contributed by atoms with Crippen molar-refractivity contribution in [1.82, 2.24) is 5.32 Å². The van der Waals surface area contributed by atoms with Gasteiger partial charge in [-0.2, -0.15) is 0 Å². The summed E-state index contributed by atoms with van der Waals surface area (Å²) in [7, 11) is 0. The van der Waals surface area contributed by atoms with Crippen LogP contribution in [0.3, 0.4) is 0 Å². The quantitative estimate of drug-likeness (QED) is 0.801. The van der Waals surface area contributed by atoms with E-state index >= 15 is 0 Å². The van der Waals surface area contributed by atoms with Crippen LogP contribution in [-0.2, 0) is 9.53 Å². The van der Waals surface area contributed by atoms with Gasteiger partial charge >= 0.3 is 12.1 Å². The molecule has 1 aromatic carbocycles. The largest absolute Gasteiger partial charge is 0.478 e. The lowest BCUT2D eigenvalue weighted by molar-refractivity contribution is -0.131. The van der Waals surface area contributed by atoms with E-state index in [1.54, 1.807) is 19.1 Å². The highest BCUT2D eigenvalue weighted by Crippen LogP contribution is 2.15. The number of benzene rings is 1. The molecule has 2 N–H and O–H groups in total. The first-order chi connectivity index (χ1) is 9.02. The van der Waals surface area contributed by atoms with E-state index in [1.807, 2.05) is 19.1 Å². The fraction of sp³-hybridized carbons (Fsp3) is 0.286. The van der Waals surface area contributed by atoms with E-state index in [1.165, 1.54) is 6.08 Å². The average Bonchev–Trinajstić information content (AvgIpc) is 2.37. The Hall–Kier alpha value is -2.30. The normalized spacial score (nSPS) is 12.1. The summed E-state index contributed by atoms with van der Waals surface area (Å²) in [6.45, 7) is 3.89. The van der Waals surface area contributed by atoms with Gasteiger partial charge in [0.1, 0.15) is 0 Å². The first-order valence-corrected chi connectivity index (χ1v) is 5.97. The highest BCUT2D eigenvalue weighted by atomic mass is 16.5. The summed E-state index contributed by atoms with van der Waals surface area (Å²) in [6.07, 6.45) is 2.10. The third kappa shape index (κ3) is 5.25. The zero-order chi connectivity index (χ0) is 14.3. The van der Waals surface area contributed by atoms with Crippen molar-refractivity contribution >= 4 is 18.1 Å². The number of carboxylic acids is 1. The highest BCUT2D eigenvalue weighted by molar-refractivity contribution is 5.85. The number of carbonyl (C=O) groups is 2. The van der Waals surface area contributed by atoms with Crippen LogP contribution in [0.1, 0.15) is 31.0 Å². The zero-order valence-corrected chi connectivity index (χ0v) is 10.9. The van der Waals surface area contributed by atoms with Crippen LogP contribution in [0, 0.1) is 0 Å². The van der Waals surface area contributed by atoms with Crippen molar-refractivity contribution in [1.29, 1.82) is 0 Å². The molecule has 0 aliphatic heterocycles. The summed E-state index contributed by atoms with van der Waals surface area (Å²) < 4.78 is 4.80. The second kappa shape index (κ2) is 7.20. The van der Waals surface area contributed by atoms with E-state index in [0.717, 1.165) is 17.2 Å². The van der Waals surface area contributed by atoms with Crippen LogP contribution < -0.4 is 5.32 Å². The molecule has 0 aliphatic rings. The number of carboxylic acid groups (broad SMARTS) is 1. The van der Waals surface area contributed by atoms with Gasteiger partial charge in [0.25, 0.3) is 0 Å². The Balaban J connectivity index is 2.75. The molecule has 0 saturated carbocycles. The number of ether oxygens (including phenoxy) is 1. The lowest BCUT2D eigenvalue weighted by Gasteiger charge is -2.14. The molecule has 0 fully saturated rings. The number of rotatable bonds is 5. The van der Waals surface area contributed by atoms with Gasteiger partial charge in [0.2, 0.25) is 0 Å². The molecule has 1 amide bonds. The third-order valence-corrected chi connectivity index (χ3v) is 2.44. The molecular formula is C14H17NO4. The predicted octanol–water partition coefficient (Wildman–Crippen LogP) is 2.59. The number of hydrogen-bond donors (Lipinski definition) is 2. The van der Waals surface area contributed by atoms with E-state index in [4.69, 9.17) is 9.84 Å². The van der Waals surface area contributed by atoms with Gasteiger partial charge < -0.3 is 15.2 Å². The Morgan fingerprint density at radius 3 is 2.84 bits per heavy atom. The smallest absolute Gasteiger partial charge is 0.407 e. The van der Waals surface area contributed by atoms with Gasteiger partial charge in [0.15, 0.2) is 0 Å². The minimum atomic E-state index is -0.997. The zero-order valence-electron chi connectivity index (χ0n) is 10.9. The molecule has 0 saturated heterocycles. The molecule has 1 aromatic rings. The minimum absolute atomic E-state index is 0.211. The Labute approximate surface area is 111 Å². The Morgan fingerprint density at radius 1 is 1.47 bits per heavy atom. The maximum Gasteiger partial charge on any atom is 0.407 e. The van der Waals surface area contributed by atoms with E-state index in [9.17, 15) is 9.59 Å². The molecule has 102 valence electrons. The number of amides is 1. The van der Waals surface area contributed by atoms with E-state index in [2.05, 4.69) is 5.32 Å². The Morgan fingerprint density at radius 2 is 2.21 bits per heavy atom. The molecule has 1 rings (SSSR count). The molecule has 0 heterocycles. The van der Waals surface area contributed by atoms with Crippen molar-refractivity contribution in [3.05, 3.63) is 41.5 Å². The van der Waals surface area contributed by atoms with Crippen molar-refractivity contribution in [2.24, 2.45) is 0 Å². The number of alkyl carbamates (subject to hydrolysis) is 1. The number of aliphatic carboxylic acids is 1. The summed E-state index contributed by atoms with van der Waals surface area (Å²) in [4.78, 5) is 21.8. The van der Waals surface area contributed by atoms with Gasteiger partial charge in [-0.25, -0.2) is 9.59 Å². The van der Waals surface area contributed by atoms with Crippen LogP contribution in [0.2, 0.25) is 0 Å². The SMILES string of the molecule is CCOC(=O)NC(C)c1cccc(C=CC(=O)O)c1. The first kappa shape index (κ1) is 14.8. The maximum atomic E-state index is 11.3. The van der Waals surface area contributed by atoms with E-state index < -0.39 is 12.1 Å². The van der Waals surface area contributed by atoms with Crippen molar-refractivity contribution in [3.63, 3.8) is 0 Å². The lowest BCUT2D eigenvalue weighted by atomic mass is 10.1. The second-order valence-corrected chi connectivity index (χ2v) is 3.93. The van der Waals surface area contributed by atoms with Crippen molar-refractivity contribution in [2.45, 2.75) is 19.9 Å². The highest BCUT2D eigenvalue weighted by Gasteiger charge is 2.09. The fourth-order valence-electron chi connectivity index (χ4n) is 1.53. The van der Waals surface area contributed by atoms with Crippen LogP contribution in [-0.4, -0.2) is 23.8 Å². The van der Waals surface area contributed by atoms with Crippen molar-refractivity contribution in [2.75, 3.05) is 6.61 Å². The summed E-state index contributed by atoms with van der Waals surface area (Å²) >= 11 is 0. The van der Waals surface area contributed by atoms with Crippen molar-refractivity contribution < 1.29 is 19.4 Å². The van der Waals surface area contributed by atoms with Crippen molar-refractivity contribution in [3.8, 4) is 0 Å². The van der Waals surface area contributed by atoms with Gasteiger partial charge in [-0.15, -0.1) is 0 Å². The molecule has 0 aromatic heterocycles. The third-order valence-electron chi connectivity index (χ3n) is 2.44. The molecule has 0 bridgehead atoms. The lowest BCUT2D eigenvalue weighted by Crippen LogP contribution is -2.27. The monoisotopic (exact) mass is 263 g/mol. The van der Waals surface area contributed by atoms with Gasteiger partial charge in [0, 0.05) is 6.08 Å². The number of carbonyl (C=O) groups excluding carboxylic acids is 1. The molecule has 0 radical (unpaired) electrons. The number of nitrogens with one attached hydrogen (secondary N) is 1. The second-order valence-electron chi connectivity index (χ2n) is 3.93. The van der Waals surface area contributed by atoms with Gasteiger partial charge in [-0.3, -0.25) is 0 Å². The Bertz CT molecular complexity index is 482. The van der Waals surface area contributed by atoms with Crippen LogP contribution in [0.15, 0.2) is 30.3 Å². The standard InChI is InChI=1S/C14H17NO4/c1-3-19-14(18)15-10(2)12-6-4-5-11(9-12)7-8-13(16)17/h4-10H,3H2,1-2H3,(H,15,18)(H,16,17). The molecule has 19 heavy (non-hydrogen) atoms. The van der Waals surface area contributed by atoms with Gasteiger partial charge in [-0.1, -0.05) is 18.2 Å². The van der Waals surface area contributed by atoms with Gasteiger partial charge in [0.05, 0.1) is 12.6 Å². The van der Waals surface area contributed by atoms with E-state index in [0.29, 0.717) is 6.61 Å². The molecule has 0 aliphatic carbocycles. The predicted molar refractivity (Wildman–Crippen MR) is 71.7 cm³/mol. The molecule has 5 nitrogen and oxygen atoms in total. The first-order valence-electron chi connectivity index (χ1n) is 5.97. The molecular weight excluding hydrogens is 246 g/mol. The summed E-state index contributed by atoms with van der Waals surface area (Å²) in [5, 5.41) is 11.3. The summed E-state index contributed by atoms with van der Waals surface area (Å²) in [6, 6.07) is 7.06. The van der Waals surface area contributed by atoms with Crippen LogP contribution in [0.25, 0.3) is 6.08 Å². The van der Waals surface area contributed by atoms with E-state index in [-0.39, 0.29) is 6.04 Å². The molecule has 5 heteroatoms. The number of hydrogen-bond acceptors (Lipinski definition) is 3. The molecule has 1 unspecified atom stereocenters. The molecule has 1 atom stereocenters.